The zero-order valence-corrected chi connectivity index (χ0v) is 21.8. The van der Waals surface area contributed by atoms with Crippen molar-refractivity contribution in [3.8, 4) is 11.8 Å². The zero-order valence-electron chi connectivity index (χ0n) is 21.0. The second kappa shape index (κ2) is 10.3. The van der Waals surface area contributed by atoms with Crippen LogP contribution in [-0.2, 0) is 11.0 Å². The Kier molecular flexibility index (Phi) is 7.44. The molecule has 13 heteroatoms. The first-order valence-electron chi connectivity index (χ1n) is 12.0. The van der Waals surface area contributed by atoms with Crippen LogP contribution >= 0.6 is 12.2 Å². The van der Waals surface area contributed by atoms with Gasteiger partial charge in [0.15, 0.2) is 16.7 Å². The van der Waals surface area contributed by atoms with E-state index in [9.17, 15) is 22.8 Å². The highest BCUT2D eigenvalue weighted by atomic mass is 32.1. The Morgan fingerprint density at radius 3 is 2.38 bits per heavy atom. The number of carboxylic acid groups (broad SMARTS) is 1. The van der Waals surface area contributed by atoms with Crippen molar-refractivity contribution in [1.82, 2.24) is 4.90 Å². The number of thiocarbonyl (C=S) groups is 1. The molecule has 2 fully saturated rings. The molecule has 2 aliphatic heterocycles. The number of nitriles is 1. The predicted molar refractivity (Wildman–Crippen MR) is 137 cm³/mol. The number of benzene rings is 2. The molecule has 2 aliphatic rings. The van der Waals surface area contributed by atoms with E-state index in [0.29, 0.717) is 32.0 Å². The topological polar surface area (TPSA) is 97.1 Å². The van der Waals surface area contributed by atoms with E-state index < -0.39 is 40.7 Å². The van der Waals surface area contributed by atoms with Gasteiger partial charge in [-0.25, -0.2) is 9.18 Å². The number of likely N-dealkylation sites (tertiary alicyclic amines) is 1. The fraction of sp³-hybridized carbons (Fsp3) is 0.385. The van der Waals surface area contributed by atoms with Gasteiger partial charge < -0.3 is 19.6 Å². The second-order valence-electron chi connectivity index (χ2n) is 9.80. The maximum Gasteiger partial charge on any atom is 0.417 e. The molecule has 0 aromatic heterocycles. The van der Waals surface area contributed by atoms with Crippen LogP contribution in [0.5, 0.6) is 5.75 Å². The summed E-state index contributed by atoms with van der Waals surface area (Å²) < 4.78 is 61.3. The van der Waals surface area contributed by atoms with Gasteiger partial charge in [-0.3, -0.25) is 9.69 Å². The van der Waals surface area contributed by atoms with Crippen LogP contribution in [0, 0.1) is 23.1 Å². The van der Waals surface area contributed by atoms with Crippen molar-refractivity contribution in [3.05, 3.63) is 53.3 Å². The zero-order chi connectivity index (χ0) is 28.7. The normalized spacial score (nSPS) is 17.9. The molecule has 2 amide bonds. The Balaban J connectivity index is 1.55. The number of nitrogens with zero attached hydrogens (tertiary/aromatic N) is 4. The summed E-state index contributed by atoms with van der Waals surface area (Å²) in [5, 5.41) is 18.0. The Morgan fingerprint density at radius 1 is 1.18 bits per heavy atom. The number of rotatable bonds is 5. The van der Waals surface area contributed by atoms with Crippen LogP contribution in [0.3, 0.4) is 0 Å². The highest BCUT2D eigenvalue weighted by molar-refractivity contribution is 7.81. The lowest BCUT2D eigenvalue weighted by molar-refractivity contribution is -0.137. The number of piperidine rings is 1. The summed E-state index contributed by atoms with van der Waals surface area (Å²) >= 11 is 5.48. The van der Waals surface area contributed by atoms with Crippen LogP contribution in [0.1, 0.15) is 37.8 Å². The quantitative estimate of drug-likeness (QED) is 0.384. The summed E-state index contributed by atoms with van der Waals surface area (Å²) in [7, 11) is 0. The number of carbonyl (C=O) groups excluding carboxylic acids is 1. The molecule has 0 spiro atoms. The molecule has 0 radical (unpaired) electrons. The predicted octanol–water partition coefficient (Wildman–Crippen LogP) is 5.40. The standard InChI is InChI=1S/C26H24F4N4O4S/c1-25(2)22(35)33(17-4-3-16(13-31)19(11-17)26(28,29)30)23(39)34(25)18-5-6-21(20(27)12-18)38-14-15-7-9-32(10-8-15)24(36)37/h3-6,11-12,15H,7-10,14H2,1-2H3,(H,36,37). The summed E-state index contributed by atoms with van der Waals surface area (Å²) in [5.41, 5.74) is -3.12. The van der Waals surface area contributed by atoms with Gasteiger partial charge in [0, 0.05) is 24.8 Å². The van der Waals surface area contributed by atoms with E-state index in [1.54, 1.807) is 0 Å². The SMILES string of the molecule is CC1(C)C(=O)N(c2ccc(C#N)c(C(F)(F)F)c2)C(=S)N1c1ccc(OCC2CCN(C(=O)O)CC2)c(F)c1. The van der Waals surface area contributed by atoms with E-state index in [1.165, 1.54) is 47.9 Å². The first-order valence-corrected chi connectivity index (χ1v) is 12.4. The molecule has 4 rings (SSSR count). The summed E-state index contributed by atoms with van der Waals surface area (Å²) in [4.78, 5) is 28.0. The molecule has 2 saturated heterocycles. The lowest BCUT2D eigenvalue weighted by Crippen LogP contribution is -2.44. The van der Waals surface area contributed by atoms with Crippen LogP contribution in [0.25, 0.3) is 0 Å². The Hall–Kier alpha value is -3.92. The van der Waals surface area contributed by atoms with Crippen LogP contribution in [-0.4, -0.2) is 52.4 Å². The number of hydrogen-bond acceptors (Lipinski definition) is 5. The molecule has 8 nitrogen and oxygen atoms in total. The number of halogens is 4. The molecule has 39 heavy (non-hydrogen) atoms. The van der Waals surface area contributed by atoms with E-state index in [1.807, 2.05) is 0 Å². The van der Waals surface area contributed by atoms with Gasteiger partial charge in [0.1, 0.15) is 5.54 Å². The molecular weight excluding hydrogens is 540 g/mol. The second-order valence-corrected chi connectivity index (χ2v) is 10.2. The van der Waals surface area contributed by atoms with Crippen molar-refractivity contribution in [3.63, 3.8) is 0 Å². The van der Waals surface area contributed by atoms with E-state index in [2.05, 4.69) is 0 Å². The monoisotopic (exact) mass is 564 g/mol. The number of alkyl halides is 3. The first-order chi connectivity index (χ1) is 18.3. The molecule has 0 saturated carbocycles. The van der Waals surface area contributed by atoms with Gasteiger partial charge in [-0.05, 0) is 75.2 Å². The highest BCUT2D eigenvalue weighted by Gasteiger charge is 2.51. The molecule has 0 aliphatic carbocycles. The van der Waals surface area contributed by atoms with Crippen LogP contribution in [0.2, 0.25) is 0 Å². The van der Waals surface area contributed by atoms with Crippen molar-refractivity contribution in [2.45, 2.75) is 38.4 Å². The first kappa shape index (κ1) is 28.1. The summed E-state index contributed by atoms with van der Waals surface area (Å²) in [6.07, 6.45) is -4.62. The Labute approximate surface area is 227 Å². The van der Waals surface area contributed by atoms with Crippen molar-refractivity contribution < 1.29 is 37.0 Å². The van der Waals surface area contributed by atoms with Crippen LogP contribution in [0.15, 0.2) is 36.4 Å². The van der Waals surface area contributed by atoms with Gasteiger partial charge in [0.25, 0.3) is 5.91 Å². The molecule has 2 aromatic carbocycles. The minimum Gasteiger partial charge on any atom is -0.490 e. The molecular formula is C26H24F4N4O4S. The van der Waals surface area contributed by atoms with E-state index in [4.69, 9.17) is 27.3 Å². The summed E-state index contributed by atoms with van der Waals surface area (Å²) in [6.45, 7) is 3.98. The maximum atomic E-state index is 15.1. The lowest BCUT2D eigenvalue weighted by atomic mass is 9.98. The third kappa shape index (κ3) is 5.34. The van der Waals surface area contributed by atoms with Crippen LogP contribution < -0.4 is 14.5 Å². The van der Waals surface area contributed by atoms with E-state index >= 15 is 4.39 Å². The smallest absolute Gasteiger partial charge is 0.417 e. The van der Waals surface area contributed by atoms with Gasteiger partial charge in [0.2, 0.25) is 0 Å². The van der Waals surface area contributed by atoms with Gasteiger partial charge in [-0.2, -0.15) is 18.4 Å². The average molecular weight is 565 g/mol. The number of amides is 2. The molecule has 206 valence electrons. The minimum absolute atomic E-state index is 0.0348. The summed E-state index contributed by atoms with van der Waals surface area (Å²) in [5.74, 6) is -1.33. The summed E-state index contributed by atoms with van der Waals surface area (Å²) in [6, 6.07) is 8.38. The molecule has 1 N–H and O–H groups in total. The van der Waals surface area contributed by atoms with E-state index in [0.717, 1.165) is 17.0 Å². The third-order valence-corrected chi connectivity index (χ3v) is 7.25. The van der Waals surface area contributed by atoms with Crippen molar-refractivity contribution in [1.29, 1.82) is 5.26 Å². The minimum atomic E-state index is -4.83. The maximum absolute atomic E-state index is 15.1. The fourth-order valence-corrected chi connectivity index (χ4v) is 5.23. The number of anilines is 2. The average Bonchev–Trinajstić information content (AvgIpc) is 3.05. The highest BCUT2D eigenvalue weighted by Crippen LogP contribution is 2.40. The van der Waals surface area contributed by atoms with Crippen molar-refractivity contribution in [2.24, 2.45) is 5.92 Å². The number of ether oxygens (including phenoxy) is 1. The fourth-order valence-electron chi connectivity index (χ4n) is 4.70. The molecule has 0 unspecified atom stereocenters. The van der Waals surface area contributed by atoms with Gasteiger partial charge in [-0.1, -0.05) is 0 Å². The Morgan fingerprint density at radius 2 is 1.82 bits per heavy atom. The lowest BCUT2D eigenvalue weighted by Gasteiger charge is -2.30. The molecule has 0 atom stereocenters. The molecule has 2 aromatic rings. The number of carbonyl (C=O) groups is 2. The van der Waals surface area contributed by atoms with Gasteiger partial charge >= 0.3 is 12.3 Å². The third-order valence-electron chi connectivity index (χ3n) is 6.89. The van der Waals surface area contributed by atoms with Gasteiger partial charge in [-0.15, -0.1) is 0 Å². The Bertz CT molecular complexity index is 1370. The largest absolute Gasteiger partial charge is 0.490 e. The molecule has 2 heterocycles. The molecule has 0 bridgehead atoms. The van der Waals surface area contributed by atoms with E-state index in [-0.39, 0.29) is 34.8 Å². The van der Waals surface area contributed by atoms with Crippen molar-refractivity contribution >= 4 is 40.7 Å². The van der Waals surface area contributed by atoms with Crippen molar-refractivity contribution in [2.75, 3.05) is 29.5 Å². The van der Waals surface area contributed by atoms with Crippen LogP contribution in [0.4, 0.5) is 33.7 Å². The van der Waals surface area contributed by atoms with Gasteiger partial charge in [0.05, 0.1) is 29.5 Å². The number of hydrogen-bond donors (Lipinski definition) is 1.